The van der Waals surface area contributed by atoms with Gasteiger partial charge in [0.2, 0.25) is 5.95 Å². The van der Waals surface area contributed by atoms with Gasteiger partial charge in [0.15, 0.2) is 0 Å². The fourth-order valence-electron chi connectivity index (χ4n) is 4.19. The molecule has 170 valence electrons. The van der Waals surface area contributed by atoms with E-state index in [0.717, 1.165) is 85.7 Å². The molecule has 5 rings (SSSR count). The number of nitrogens with zero attached hydrogens (tertiary/aromatic N) is 6. The summed E-state index contributed by atoms with van der Waals surface area (Å²) in [6.07, 6.45) is 6.54. The van der Waals surface area contributed by atoms with Crippen LogP contribution in [0.5, 0.6) is 5.75 Å². The average Bonchev–Trinajstić information content (AvgIpc) is 3.21. The highest BCUT2D eigenvalue weighted by Crippen LogP contribution is 2.28. The lowest BCUT2D eigenvalue weighted by atomic mass is 10.1. The normalized spacial score (nSPS) is 14.6. The third-order valence-electron chi connectivity index (χ3n) is 5.92. The van der Waals surface area contributed by atoms with Crippen molar-refractivity contribution in [2.24, 2.45) is 0 Å². The molecular weight excluding hydrogens is 414 g/mol. The molecule has 0 unspecified atom stereocenters. The summed E-state index contributed by atoms with van der Waals surface area (Å²) in [7, 11) is 0. The molecule has 1 saturated heterocycles. The third-order valence-corrected chi connectivity index (χ3v) is 5.92. The van der Waals surface area contributed by atoms with Crippen LogP contribution in [0.15, 0.2) is 61.1 Å². The highest BCUT2D eigenvalue weighted by Gasteiger charge is 2.22. The Morgan fingerprint density at radius 2 is 1.73 bits per heavy atom. The highest BCUT2D eigenvalue weighted by molar-refractivity contribution is 5.68. The monoisotopic (exact) mass is 443 g/mol. The molecule has 2 N–H and O–H groups in total. The third kappa shape index (κ3) is 4.61. The van der Waals surface area contributed by atoms with Crippen LogP contribution in [0.4, 0.5) is 11.6 Å². The Kier molecular flexibility index (Phi) is 6.08. The van der Waals surface area contributed by atoms with Crippen molar-refractivity contribution in [1.29, 1.82) is 0 Å². The number of pyridine rings is 1. The van der Waals surface area contributed by atoms with Crippen LogP contribution in [-0.4, -0.2) is 57.0 Å². The Morgan fingerprint density at radius 1 is 0.970 bits per heavy atom. The fraction of sp³-hybridized carbons (Fsp3) is 0.320. The Bertz CT molecular complexity index is 1200. The van der Waals surface area contributed by atoms with Gasteiger partial charge in [0.1, 0.15) is 11.4 Å². The lowest BCUT2D eigenvalue weighted by Gasteiger charge is -2.34. The molecule has 33 heavy (non-hydrogen) atoms. The first-order valence-electron chi connectivity index (χ1n) is 11.5. The van der Waals surface area contributed by atoms with Crippen molar-refractivity contribution in [2.75, 3.05) is 43.4 Å². The van der Waals surface area contributed by atoms with Gasteiger partial charge in [0.25, 0.3) is 0 Å². The summed E-state index contributed by atoms with van der Waals surface area (Å²) >= 11 is 0. The zero-order valence-electron chi connectivity index (χ0n) is 18.9. The predicted molar refractivity (Wildman–Crippen MR) is 130 cm³/mol. The molecule has 4 aromatic rings. The molecule has 8 heteroatoms. The van der Waals surface area contributed by atoms with Gasteiger partial charge < -0.3 is 19.8 Å². The number of hydrogen-bond donors (Lipinski definition) is 1. The van der Waals surface area contributed by atoms with E-state index in [4.69, 9.17) is 15.5 Å². The minimum Gasteiger partial charge on any atom is -0.494 e. The molecule has 0 bridgehead atoms. The quantitative estimate of drug-likeness (QED) is 0.468. The minimum atomic E-state index is 0.720. The number of piperazine rings is 1. The van der Waals surface area contributed by atoms with Gasteiger partial charge in [-0.3, -0.25) is 4.90 Å². The lowest BCUT2D eigenvalue weighted by Crippen LogP contribution is -2.46. The van der Waals surface area contributed by atoms with E-state index in [0.29, 0.717) is 0 Å². The van der Waals surface area contributed by atoms with Gasteiger partial charge in [-0.05, 0) is 48.9 Å². The number of aromatic nitrogens is 4. The standard InChI is InChI=1S/C25H29N7O/c1-2-16-33-21-7-4-19(5-8-21)24-22(32-17-20(26)6-9-23(32)29-24)18-30-12-14-31(15-13-30)25-27-10-3-11-28-25/h3-11,17H,2,12-16,18,26H2,1H3. The Hall–Kier alpha value is -3.65. The Balaban J connectivity index is 1.39. The van der Waals surface area contributed by atoms with Crippen LogP contribution in [0.1, 0.15) is 19.0 Å². The number of nitrogen functional groups attached to an aromatic ring is 1. The van der Waals surface area contributed by atoms with Crippen LogP contribution in [-0.2, 0) is 6.54 Å². The largest absolute Gasteiger partial charge is 0.494 e. The van der Waals surface area contributed by atoms with Crippen LogP contribution in [0, 0.1) is 0 Å². The highest BCUT2D eigenvalue weighted by atomic mass is 16.5. The van der Waals surface area contributed by atoms with E-state index in [1.807, 2.05) is 36.5 Å². The Labute approximate surface area is 193 Å². The van der Waals surface area contributed by atoms with E-state index in [9.17, 15) is 0 Å². The maximum atomic E-state index is 6.12. The number of nitrogens with two attached hydrogens (primary N) is 1. The van der Waals surface area contributed by atoms with Crippen LogP contribution in [0.3, 0.4) is 0 Å². The molecule has 0 saturated carbocycles. The van der Waals surface area contributed by atoms with Gasteiger partial charge in [-0.25, -0.2) is 15.0 Å². The van der Waals surface area contributed by atoms with Crippen molar-refractivity contribution >= 4 is 17.3 Å². The van der Waals surface area contributed by atoms with Crippen LogP contribution < -0.4 is 15.4 Å². The first-order valence-corrected chi connectivity index (χ1v) is 11.5. The number of hydrogen-bond acceptors (Lipinski definition) is 7. The van der Waals surface area contributed by atoms with Gasteiger partial charge in [0.05, 0.1) is 18.0 Å². The average molecular weight is 444 g/mol. The van der Waals surface area contributed by atoms with Crippen molar-refractivity contribution in [2.45, 2.75) is 19.9 Å². The molecule has 1 fully saturated rings. The molecular formula is C25H29N7O. The summed E-state index contributed by atoms with van der Waals surface area (Å²) in [5.41, 5.74) is 10.9. The predicted octanol–water partition coefficient (Wildman–Crippen LogP) is 3.48. The molecule has 0 atom stereocenters. The van der Waals surface area contributed by atoms with Crippen molar-refractivity contribution in [1.82, 2.24) is 24.3 Å². The number of benzene rings is 1. The SMILES string of the molecule is CCCOc1ccc(-c2nc3ccc(N)cn3c2CN2CCN(c3ncccn3)CC2)cc1. The van der Waals surface area contributed by atoms with Crippen LogP contribution in [0.2, 0.25) is 0 Å². The van der Waals surface area contributed by atoms with E-state index in [2.05, 4.69) is 43.2 Å². The molecule has 0 aliphatic carbocycles. The topological polar surface area (TPSA) is 84.8 Å². The summed E-state index contributed by atoms with van der Waals surface area (Å²) in [5.74, 6) is 1.68. The van der Waals surface area contributed by atoms with Gasteiger partial charge in [0, 0.05) is 62.6 Å². The first kappa shape index (κ1) is 21.2. The number of imidazole rings is 1. The van der Waals surface area contributed by atoms with Gasteiger partial charge in [-0.1, -0.05) is 6.92 Å². The summed E-state index contributed by atoms with van der Waals surface area (Å²) < 4.78 is 7.88. The molecule has 3 aromatic heterocycles. The second-order valence-corrected chi connectivity index (χ2v) is 8.28. The fourth-order valence-corrected chi connectivity index (χ4v) is 4.19. The molecule has 1 aliphatic rings. The maximum absolute atomic E-state index is 6.12. The second kappa shape index (κ2) is 9.46. The smallest absolute Gasteiger partial charge is 0.225 e. The van der Waals surface area contributed by atoms with Crippen LogP contribution >= 0.6 is 0 Å². The van der Waals surface area contributed by atoms with Crippen molar-refractivity contribution in [3.63, 3.8) is 0 Å². The molecule has 0 radical (unpaired) electrons. The van der Waals surface area contributed by atoms with Crippen molar-refractivity contribution in [3.8, 4) is 17.0 Å². The van der Waals surface area contributed by atoms with Gasteiger partial charge in [-0.2, -0.15) is 0 Å². The lowest BCUT2D eigenvalue weighted by molar-refractivity contribution is 0.245. The summed E-state index contributed by atoms with van der Waals surface area (Å²) in [6.45, 7) is 7.25. The Morgan fingerprint density at radius 3 is 2.45 bits per heavy atom. The first-order chi connectivity index (χ1) is 16.2. The van der Waals surface area contributed by atoms with E-state index >= 15 is 0 Å². The maximum Gasteiger partial charge on any atom is 0.225 e. The van der Waals surface area contributed by atoms with E-state index < -0.39 is 0 Å². The number of rotatable bonds is 7. The van der Waals surface area contributed by atoms with E-state index in [1.54, 1.807) is 12.4 Å². The zero-order valence-corrected chi connectivity index (χ0v) is 18.9. The zero-order chi connectivity index (χ0) is 22.6. The number of ether oxygens (including phenoxy) is 1. The molecule has 1 aromatic carbocycles. The van der Waals surface area contributed by atoms with Gasteiger partial charge >= 0.3 is 0 Å². The van der Waals surface area contributed by atoms with Crippen LogP contribution in [0.25, 0.3) is 16.9 Å². The molecule has 8 nitrogen and oxygen atoms in total. The molecule has 4 heterocycles. The minimum absolute atomic E-state index is 0.720. The van der Waals surface area contributed by atoms with Crippen molar-refractivity contribution < 1.29 is 4.74 Å². The van der Waals surface area contributed by atoms with Crippen molar-refractivity contribution in [3.05, 3.63) is 66.7 Å². The number of fused-ring (bicyclic) bond motifs is 1. The molecule has 0 amide bonds. The van der Waals surface area contributed by atoms with Gasteiger partial charge in [-0.15, -0.1) is 0 Å². The number of anilines is 2. The summed E-state index contributed by atoms with van der Waals surface area (Å²) in [5, 5.41) is 0. The van der Waals surface area contributed by atoms with E-state index in [1.165, 1.54) is 0 Å². The second-order valence-electron chi connectivity index (χ2n) is 8.28. The van der Waals surface area contributed by atoms with E-state index in [-0.39, 0.29) is 0 Å². The molecule has 0 spiro atoms. The summed E-state index contributed by atoms with van der Waals surface area (Å²) in [4.78, 5) is 18.4. The summed E-state index contributed by atoms with van der Waals surface area (Å²) in [6, 6.07) is 13.9. The molecule has 1 aliphatic heterocycles.